The van der Waals surface area contributed by atoms with E-state index in [9.17, 15) is 4.79 Å². The summed E-state index contributed by atoms with van der Waals surface area (Å²) in [6.45, 7) is 3.02. The number of carbonyl (C=O) groups excluding carboxylic acids is 1. The molecule has 0 saturated carbocycles. The molecule has 1 amide bonds. The zero-order chi connectivity index (χ0) is 6.91. The van der Waals surface area contributed by atoms with Crippen molar-refractivity contribution in [2.45, 2.75) is 6.92 Å². The first-order valence-electron chi connectivity index (χ1n) is 2.99. The van der Waals surface area contributed by atoms with Crippen molar-refractivity contribution in [3.05, 3.63) is 0 Å². The second-order valence-electron chi connectivity index (χ2n) is 2.63. The topological polar surface area (TPSA) is 38.3 Å². The highest BCUT2D eigenvalue weighted by atomic mass is 16.5. The lowest BCUT2D eigenvalue weighted by molar-refractivity contribution is -0.157. The third-order valence-corrected chi connectivity index (χ3v) is 1.62. The number of rotatable bonds is 1. The Balaban J connectivity index is 2.49. The summed E-state index contributed by atoms with van der Waals surface area (Å²) in [6.07, 6.45) is 0. The van der Waals surface area contributed by atoms with E-state index in [0.29, 0.717) is 13.2 Å². The molecule has 1 fully saturated rings. The number of nitrogens with one attached hydrogen (secondary N) is 1. The minimum Gasteiger partial charge on any atom is -0.379 e. The molecule has 9 heavy (non-hydrogen) atoms. The van der Waals surface area contributed by atoms with Crippen LogP contribution in [0.5, 0.6) is 0 Å². The minimum atomic E-state index is -0.241. The quantitative estimate of drug-likeness (QED) is 0.531. The van der Waals surface area contributed by atoms with Crippen LogP contribution < -0.4 is 5.32 Å². The number of ether oxygens (including phenoxy) is 1. The number of carbonyl (C=O) groups is 1. The maximum Gasteiger partial charge on any atom is 0.230 e. The fourth-order valence-corrected chi connectivity index (χ4v) is 0.841. The van der Waals surface area contributed by atoms with E-state index in [4.69, 9.17) is 4.74 Å². The lowest BCUT2D eigenvalue weighted by Crippen LogP contribution is -2.51. The van der Waals surface area contributed by atoms with Crippen LogP contribution in [-0.4, -0.2) is 26.2 Å². The van der Waals surface area contributed by atoms with Crippen LogP contribution in [0.15, 0.2) is 0 Å². The Hall–Kier alpha value is -0.570. The molecule has 0 aromatic rings. The molecule has 1 aliphatic heterocycles. The highest BCUT2D eigenvalue weighted by Gasteiger charge is 2.40. The van der Waals surface area contributed by atoms with Gasteiger partial charge in [0.25, 0.3) is 0 Å². The summed E-state index contributed by atoms with van der Waals surface area (Å²) in [4.78, 5) is 10.9. The second kappa shape index (κ2) is 1.99. The third kappa shape index (κ3) is 0.920. The first-order valence-corrected chi connectivity index (χ1v) is 2.99. The van der Waals surface area contributed by atoms with E-state index >= 15 is 0 Å². The normalized spacial score (nSPS) is 22.4. The molecular formula is C6H11NO2. The summed E-state index contributed by atoms with van der Waals surface area (Å²) in [5.41, 5.74) is -0.241. The smallest absolute Gasteiger partial charge is 0.230 e. The molecule has 0 aliphatic carbocycles. The van der Waals surface area contributed by atoms with Crippen molar-refractivity contribution in [2.24, 2.45) is 5.41 Å². The van der Waals surface area contributed by atoms with E-state index in [1.807, 2.05) is 6.92 Å². The van der Waals surface area contributed by atoms with E-state index < -0.39 is 0 Å². The average molecular weight is 129 g/mol. The third-order valence-electron chi connectivity index (χ3n) is 1.62. The molecule has 3 nitrogen and oxygen atoms in total. The largest absolute Gasteiger partial charge is 0.379 e. The Morgan fingerprint density at radius 1 is 1.67 bits per heavy atom. The molecule has 0 radical (unpaired) electrons. The summed E-state index contributed by atoms with van der Waals surface area (Å²) >= 11 is 0. The Morgan fingerprint density at radius 3 is 2.33 bits per heavy atom. The van der Waals surface area contributed by atoms with Crippen molar-refractivity contribution in [3.63, 3.8) is 0 Å². The molecule has 0 aromatic carbocycles. The summed E-state index contributed by atoms with van der Waals surface area (Å²) in [7, 11) is 1.64. The highest BCUT2D eigenvalue weighted by molar-refractivity contribution is 5.82. The minimum absolute atomic E-state index is 0.0775. The van der Waals surface area contributed by atoms with E-state index in [0.717, 1.165) is 0 Å². The zero-order valence-electron chi connectivity index (χ0n) is 5.73. The van der Waals surface area contributed by atoms with Gasteiger partial charge in [-0.3, -0.25) is 4.79 Å². The second-order valence-corrected chi connectivity index (χ2v) is 2.63. The van der Waals surface area contributed by atoms with Gasteiger partial charge in [-0.15, -0.1) is 0 Å². The van der Waals surface area contributed by atoms with Crippen molar-refractivity contribution >= 4 is 5.91 Å². The fraction of sp³-hybridized carbons (Fsp3) is 0.833. The van der Waals surface area contributed by atoms with Crippen LogP contribution in [0.25, 0.3) is 0 Å². The van der Waals surface area contributed by atoms with Gasteiger partial charge in [0.2, 0.25) is 5.91 Å². The average Bonchev–Trinajstić information content (AvgIpc) is 1.81. The van der Waals surface area contributed by atoms with Crippen molar-refractivity contribution < 1.29 is 9.53 Å². The Bertz CT molecular complexity index is 129. The van der Waals surface area contributed by atoms with Crippen LogP contribution in [0.3, 0.4) is 0 Å². The first kappa shape index (κ1) is 6.55. The lowest BCUT2D eigenvalue weighted by Gasteiger charge is -2.35. The number of amides is 1. The van der Waals surface area contributed by atoms with Gasteiger partial charge in [-0.2, -0.15) is 0 Å². The summed E-state index contributed by atoms with van der Waals surface area (Å²) in [6, 6.07) is 0. The maximum atomic E-state index is 10.9. The zero-order valence-corrected chi connectivity index (χ0v) is 5.73. The van der Waals surface area contributed by atoms with Crippen LogP contribution in [0, 0.1) is 5.41 Å². The molecule has 1 rings (SSSR count). The van der Waals surface area contributed by atoms with Crippen molar-refractivity contribution in [1.29, 1.82) is 0 Å². The summed E-state index contributed by atoms with van der Waals surface area (Å²) in [5, 5.41) is 2.59. The van der Waals surface area contributed by atoms with Gasteiger partial charge in [0.15, 0.2) is 0 Å². The summed E-state index contributed by atoms with van der Waals surface area (Å²) in [5.74, 6) is 0.0775. The predicted octanol–water partition coefficient (Wildman–Crippen LogP) is -0.231. The van der Waals surface area contributed by atoms with E-state index in [2.05, 4.69) is 5.32 Å². The predicted molar refractivity (Wildman–Crippen MR) is 33.0 cm³/mol. The van der Waals surface area contributed by atoms with Crippen LogP contribution >= 0.6 is 0 Å². The van der Waals surface area contributed by atoms with Crippen LogP contribution in [0.4, 0.5) is 0 Å². The molecular weight excluding hydrogens is 118 g/mol. The molecule has 0 atom stereocenters. The van der Waals surface area contributed by atoms with Gasteiger partial charge in [0.05, 0.1) is 18.6 Å². The van der Waals surface area contributed by atoms with Crippen molar-refractivity contribution in [3.8, 4) is 0 Å². The molecule has 1 N–H and O–H groups in total. The van der Waals surface area contributed by atoms with Crippen LogP contribution in [0.2, 0.25) is 0 Å². The van der Waals surface area contributed by atoms with Gasteiger partial charge < -0.3 is 10.1 Å². The molecule has 1 heterocycles. The Labute approximate surface area is 54.4 Å². The monoisotopic (exact) mass is 129 g/mol. The van der Waals surface area contributed by atoms with Crippen molar-refractivity contribution in [1.82, 2.24) is 5.32 Å². The molecule has 52 valence electrons. The van der Waals surface area contributed by atoms with E-state index in [-0.39, 0.29) is 11.3 Å². The Kier molecular flexibility index (Phi) is 1.45. The first-order chi connectivity index (χ1) is 4.19. The fourth-order valence-electron chi connectivity index (χ4n) is 0.841. The summed E-state index contributed by atoms with van der Waals surface area (Å²) < 4.78 is 4.90. The van der Waals surface area contributed by atoms with E-state index in [1.54, 1.807) is 7.05 Å². The molecule has 0 aromatic heterocycles. The molecule has 0 unspecified atom stereocenters. The van der Waals surface area contributed by atoms with Gasteiger partial charge in [0, 0.05) is 7.05 Å². The maximum absolute atomic E-state index is 10.9. The molecule has 3 heteroatoms. The highest BCUT2D eigenvalue weighted by Crippen LogP contribution is 2.25. The van der Waals surface area contributed by atoms with Gasteiger partial charge in [-0.25, -0.2) is 0 Å². The van der Waals surface area contributed by atoms with Crippen LogP contribution in [0.1, 0.15) is 6.92 Å². The van der Waals surface area contributed by atoms with E-state index in [1.165, 1.54) is 0 Å². The molecule has 1 aliphatic rings. The molecule has 0 spiro atoms. The Morgan fingerprint density at radius 2 is 2.22 bits per heavy atom. The molecule has 0 bridgehead atoms. The van der Waals surface area contributed by atoms with Crippen molar-refractivity contribution in [2.75, 3.05) is 20.3 Å². The van der Waals surface area contributed by atoms with Gasteiger partial charge in [0.1, 0.15) is 0 Å². The van der Waals surface area contributed by atoms with Gasteiger partial charge in [-0.1, -0.05) is 0 Å². The lowest BCUT2D eigenvalue weighted by atomic mass is 9.88. The number of hydrogen-bond acceptors (Lipinski definition) is 2. The molecule has 1 saturated heterocycles. The standard InChI is InChI=1S/C6H11NO2/c1-6(3-9-4-6)5(8)7-2/h3-4H2,1-2H3,(H,7,8). The number of hydrogen-bond donors (Lipinski definition) is 1. The van der Waals surface area contributed by atoms with Gasteiger partial charge in [-0.05, 0) is 6.92 Å². The SMILES string of the molecule is CNC(=O)C1(C)COC1. The van der Waals surface area contributed by atoms with Gasteiger partial charge >= 0.3 is 0 Å². The van der Waals surface area contributed by atoms with Crippen LogP contribution in [-0.2, 0) is 9.53 Å².